The van der Waals surface area contributed by atoms with Crippen molar-refractivity contribution in [2.45, 2.75) is 50.0 Å². The standard InChI is InChI=1S/C19H29N3O3S/c1-15-8-9-17(26(2,24)25)13-18(15)20-19(23)22-12-4-3-7-16(22)14-21-10-5-6-11-21/h8-9,13,16H,3-7,10-12,14H2,1-2H3,(H,20,23)/t16-/m0/s1. The molecule has 1 aromatic carbocycles. The van der Waals surface area contributed by atoms with Crippen LogP contribution in [0.4, 0.5) is 10.5 Å². The van der Waals surface area contributed by atoms with Gasteiger partial charge in [-0.3, -0.25) is 0 Å². The van der Waals surface area contributed by atoms with Crippen LogP contribution >= 0.6 is 0 Å². The molecule has 2 heterocycles. The molecule has 2 saturated heterocycles. The molecule has 0 spiro atoms. The number of urea groups is 1. The quantitative estimate of drug-likeness (QED) is 0.873. The van der Waals surface area contributed by atoms with Crippen molar-refractivity contribution in [3.8, 4) is 0 Å². The average molecular weight is 380 g/mol. The van der Waals surface area contributed by atoms with Crippen molar-refractivity contribution in [2.24, 2.45) is 0 Å². The van der Waals surface area contributed by atoms with Crippen molar-refractivity contribution in [3.63, 3.8) is 0 Å². The molecular weight excluding hydrogens is 350 g/mol. The Labute approximate surface area is 156 Å². The lowest BCUT2D eigenvalue weighted by atomic mass is 10.0. The van der Waals surface area contributed by atoms with Crippen LogP contribution in [0.15, 0.2) is 23.1 Å². The van der Waals surface area contributed by atoms with Gasteiger partial charge in [-0.05, 0) is 69.8 Å². The van der Waals surface area contributed by atoms with Crippen molar-refractivity contribution < 1.29 is 13.2 Å². The van der Waals surface area contributed by atoms with E-state index in [2.05, 4.69) is 10.2 Å². The number of benzene rings is 1. The first-order chi connectivity index (χ1) is 12.3. The molecule has 0 radical (unpaired) electrons. The maximum atomic E-state index is 12.9. The van der Waals surface area contributed by atoms with E-state index in [0.717, 1.165) is 51.0 Å². The van der Waals surface area contributed by atoms with Crippen LogP contribution in [-0.4, -0.2) is 62.7 Å². The van der Waals surface area contributed by atoms with Crippen molar-refractivity contribution in [2.75, 3.05) is 37.8 Å². The second kappa shape index (κ2) is 7.96. The lowest BCUT2D eigenvalue weighted by Gasteiger charge is -2.38. The number of likely N-dealkylation sites (tertiary alicyclic amines) is 2. The minimum atomic E-state index is -3.30. The molecule has 0 unspecified atom stereocenters. The Morgan fingerprint density at radius 2 is 1.85 bits per heavy atom. The third-order valence-electron chi connectivity index (χ3n) is 5.43. The Morgan fingerprint density at radius 1 is 1.15 bits per heavy atom. The summed E-state index contributed by atoms with van der Waals surface area (Å²) in [5.41, 5.74) is 1.43. The highest BCUT2D eigenvalue weighted by Gasteiger charge is 2.29. The van der Waals surface area contributed by atoms with Crippen molar-refractivity contribution in [1.82, 2.24) is 9.80 Å². The first-order valence-corrected chi connectivity index (χ1v) is 11.3. The summed E-state index contributed by atoms with van der Waals surface area (Å²) in [6, 6.07) is 4.99. The van der Waals surface area contributed by atoms with Gasteiger partial charge in [0.2, 0.25) is 0 Å². The van der Waals surface area contributed by atoms with E-state index in [1.807, 2.05) is 11.8 Å². The molecule has 1 N–H and O–H groups in total. The fourth-order valence-electron chi connectivity index (χ4n) is 3.87. The summed E-state index contributed by atoms with van der Waals surface area (Å²) >= 11 is 0. The van der Waals surface area contributed by atoms with Crippen LogP contribution in [-0.2, 0) is 9.84 Å². The van der Waals surface area contributed by atoms with Gasteiger partial charge in [0.25, 0.3) is 0 Å². The number of hydrogen-bond donors (Lipinski definition) is 1. The first-order valence-electron chi connectivity index (χ1n) is 9.45. The number of hydrogen-bond acceptors (Lipinski definition) is 4. The van der Waals surface area contributed by atoms with Gasteiger partial charge in [0.05, 0.1) is 4.90 Å². The second-order valence-electron chi connectivity index (χ2n) is 7.53. The number of carbonyl (C=O) groups is 1. The monoisotopic (exact) mass is 379 g/mol. The molecule has 2 fully saturated rings. The fraction of sp³-hybridized carbons (Fsp3) is 0.632. The topological polar surface area (TPSA) is 69.7 Å². The summed E-state index contributed by atoms with van der Waals surface area (Å²) < 4.78 is 23.6. The van der Waals surface area contributed by atoms with Crippen LogP contribution in [0, 0.1) is 6.92 Å². The van der Waals surface area contributed by atoms with Crippen LogP contribution < -0.4 is 5.32 Å². The Bertz CT molecular complexity index is 757. The molecule has 7 heteroatoms. The Morgan fingerprint density at radius 3 is 2.54 bits per heavy atom. The average Bonchev–Trinajstić information content (AvgIpc) is 3.09. The van der Waals surface area contributed by atoms with Crippen molar-refractivity contribution >= 4 is 21.6 Å². The molecule has 0 bridgehead atoms. The van der Waals surface area contributed by atoms with E-state index in [1.165, 1.54) is 19.1 Å². The minimum absolute atomic E-state index is 0.123. The number of piperidine rings is 1. The highest BCUT2D eigenvalue weighted by Crippen LogP contribution is 2.24. The first kappa shape index (κ1) is 19.2. The maximum absolute atomic E-state index is 12.9. The van der Waals surface area contributed by atoms with E-state index >= 15 is 0 Å². The molecule has 2 aliphatic heterocycles. The number of nitrogens with one attached hydrogen (secondary N) is 1. The molecule has 144 valence electrons. The smallest absolute Gasteiger partial charge is 0.320 e. The summed E-state index contributed by atoms with van der Waals surface area (Å²) in [6.45, 7) is 5.83. The number of amides is 2. The van der Waals surface area contributed by atoms with Gasteiger partial charge in [-0.2, -0.15) is 0 Å². The van der Waals surface area contributed by atoms with Gasteiger partial charge in [0, 0.05) is 31.1 Å². The van der Waals surface area contributed by atoms with E-state index in [4.69, 9.17) is 0 Å². The van der Waals surface area contributed by atoms with Gasteiger partial charge in [-0.15, -0.1) is 0 Å². The molecule has 2 amide bonds. The second-order valence-corrected chi connectivity index (χ2v) is 9.55. The molecule has 0 aliphatic carbocycles. The highest BCUT2D eigenvalue weighted by molar-refractivity contribution is 7.90. The molecule has 1 aromatic rings. The molecule has 1 atom stereocenters. The number of anilines is 1. The zero-order valence-corrected chi connectivity index (χ0v) is 16.5. The van der Waals surface area contributed by atoms with Gasteiger partial charge >= 0.3 is 6.03 Å². The number of rotatable bonds is 4. The Kier molecular flexibility index (Phi) is 5.87. The van der Waals surface area contributed by atoms with Gasteiger partial charge in [0.1, 0.15) is 0 Å². The van der Waals surface area contributed by atoms with E-state index in [0.29, 0.717) is 5.69 Å². The molecular formula is C19H29N3O3S. The lowest BCUT2D eigenvalue weighted by Crippen LogP contribution is -2.50. The van der Waals surface area contributed by atoms with Crippen LogP contribution in [0.2, 0.25) is 0 Å². The normalized spacial score (nSPS) is 21.8. The Hall–Kier alpha value is -1.60. The number of carbonyl (C=O) groups excluding carboxylic acids is 1. The highest BCUT2D eigenvalue weighted by atomic mass is 32.2. The molecule has 6 nitrogen and oxygen atoms in total. The number of nitrogens with zero attached hydrogens (tertiary/aromatic N) is 2. The van der Waals surface area contributed by atoms with Gasteiger partial charge < -0.3 is 15.1 Å². The third kappa shape index (κ3) is 4.57. The van der Waals surface area contributed by atoms with Gasteiger partial charge in [-0.25, -0.2) is 13.2 Å². The van der Waals surface area contributed by atoms with Crippen LogP contribution in [0.25, 0.3) is 0 Å². The predicted octanol–water partition coefficient (Wildman–Crippen LogP) is 2.88. The Balaban J connectivity index is 1.73. The lowest BCUT2D eigenvalue weighted by molar-refractivity contribution is 0.136. The predicted molar refractivity (Wildman–Crippen MR) is 103 cm³/mol. The maximum Gasteiger partial charge on any atom is 0.322 e. The third-order valence-corrected chi connectivity index (χ3v) is 6.54. The zero-order valence-electron chi connectivity index (χ0n) is 15.7. The molecule has 3 rings (SSSR count). The minimum Gasteiger partial charge on any atom is -0.320 e. The van der Waals surface area contributed by atoms with Gasteiger partial charge in [0.15, 0.2) is 9.84 Å². The van der Waals surface area contributed by atoms with Crippen LogP contribution in [0.1, 0.15) is 37.7 Å². The summed E-state index contributed by atoms with van der Waals surface area (Å²) in [6.07, 6.45) is 6.89. The zero-order chi connectivity index (χ0) is 18.7. The summed E-state index contributed by atoms with van der Waals surface area (Å²) in [5, 5.41) is 2.95. The van der Waals surface area contributed by atoms with Crippen molar-refractivity contribution in [3.05, 3.63) is 23.8 Å². The SMILES string of the molecule is Cc1ccc(S(C)(=O)=O)cc1NC(=O)N1CCCC[C@H]1CN1CCCC1. The van der Waals surface area contributed by atoms with Crippen LogP contribution in [0.5, 0.6) is 0 Å². The van der Waals surface area contributed by atoms with E-state index < -0.39 is 9.84 Å². The number of aryl methyl sites for hydroxylation is 1. The molecule has 2 aliphatic rings. The molecule has 26 heavy (non-hydrogen) atoms. The van der Waals surface area contributed by atoms with E-state index in [-0.39, 0.29) is 17.0 Å². The van der Waals surface area contributed by atoms with Gasteiger partial charge in [-0.1, -0.05) is 6.07 Å². The van der Waals surface area contributed by atoms with E-state index in [9.17, 15) is 13.2 Å². The summed E-state index contributed by atoms with van der Waals surface area (Å²) in [4.78, 5) is 17.5. The van der Waals surface area contributed by atoms with E-state index in [1.54, 1.807) is 18.2 Å². The molecule has 0 saturated carbocycles. The summed E-state index contributed by atoms with van der Waals surface area (Å²) in [7, 11) is -3.30. The molecule has 0 aromatic heterocycles. The van der Waals surface area contributed by atoms with Crippen molar-refractivity contribution in [1.29, 1.82) is 0 Å². The largest absolute Gasteiger partial charge is 0.322 e. The summed E-state index contributed by atoms with van der Waals surface area (Å²) in [5.74, 6) is 0. The van der Waals surface area contributed by atoms with Crippen LogP contribution in [0.3, 0.4) is 0 Å². The number of sulfone groups is 1. The fourth-order valence-corrected chi connectivity index (χ4v) is 4.52.